The zero-order chi connectivity index (χ0) is 23.1. The first-order valence-electron chi connectivity index (χ1n) is 12.5. The minimum Gasteiger partial charge on any atom is -0.0616 e. The summed E-state index contributed by atoms with van der Waals surface area (Å²) in [6, 6.07) is 32.7. The van der Waals surface area contributed by atoms with E-state index in [1.807, 2.05) is 0 Å². The van der Waals surface area contributed by atoms with Crippen LogP contribution in [0.2, 0.25) is 0 Å². The smallest absolute Gasteiger partial charge is 0.00137 e. The van der Waals surface area contributed by atoms with E-state index < -0.39 is 0 Å². The van der Waals surface area contributed by atoms with Crippen molar-refractivity contribution in [3.63, 3.8) is 0 Å². The Hall–Kier alpha value is -3.64. The molecule has 0 saturated carbocycles. The van der Waals surface area contributed by atoms with Gasteiger partial charge in [0.15, 0.2) is 0 Å². The van der Waals surface area contributed by atoms with Crippen LogP contribution in [0.25, 0.3) is 64.6 Å². The van der Waals surface area contributed by atoms with E-state index in [1.165, 1.54) is 75.8 Å². The second kappa shape index (κ2) is 6.93. The minimum atomic E-state index is 0.522. The van der Waals surface area contributed by atoms with Gasteiger partial charge in [-0.2, -0.15) is 0 Å². The predicted molar refractivity (Wildman–Crippen MR) is 151 cm³/mol. The first kappa shape index (κ1) is 19.8. The third-order valence-corrected chi connectivity index (χ3v) is 7.92. The molecule has 0 atom stereocenters. The molecular formula is C34H28. The van der Waals surface area contributed by atoms with Crippen molar-refractivity contribution in [2.24, 2.45) is 0 Å². The molecule has 0 aliphatic rings. The van der Waals surface area contributed by atoms with Gasteiger partial charge in [0.25, 0.3) is 0 Å². The molecule has 0 saturated heterocycles. The largest absolute Gasteiger partial charge is 0.0616 e. The predicted octanol–water partition coefficient (Wildman–Crippen LogP) is 10.3. The van der Waals surface area contributed by atoms with Crippen LogP contribution in [0.4, 0.5) is 0 Å². The van der Waals surface area contributed by atoms with Crippen LogP contribution in [0.3, 0.4) is 0 Å². The van der Waals surface area contributed by atoms with Gasteiger partial charge in [-0.3, -0.25) is 0 Å². The number of benzene rings is 7. The van der Waals surface area contributed by atoms with E-state index in [4.69, 9.17) is 0 Å². The average Bonchev–Trinajstić information content (AvgIpc) is 2.86. The maximum Gasteiger partial charge on any atom is -0.00137 e. The van der Waals surface area contributed by atoms with Crippen molar-refractivity contribution in [2.45, 2.75) is 39.5 Å². The lowest BCUT2D eigenvalue weighted by molar-refractivity contribution is 0.869. The van der Waals surface area contributed by atoms with Gasteiger partial charge >= 0.3 is 0 Å². The molecule has 7 rings (SSSR count). The Morgan fingerprint density at radius 3 is 1.21 bits per heavy atom. The molecule has 0 aliphatic heterocycles. The van der Waals surface area contributed by atoms with Crippen molar-refractivity contribution in [1.29, 1.82) is 0 Å². The molecular weight excluding hydrogens is 408 g/mol. The minimum absolute atomic E-state index is 0.522. The van der Waals surface area contributed by atoms with Crippen LogP contribution >= 0.6 is 0 Å². The van der Waals surface area contributed by atoms with E-state index in [-0.39, 0.29) is 0 Å². The highest BCUT2D eigenvalue weighted by Gasteiger charge is 2.18. The summed E-state index contributed by atoms with van der Waals surface area (Å²) >= 11 is 0. The number of hydrogen-bond donors (Lipinski definition) is 0. The lowest BCUT2D eigenvalue weighted by atomic mass is 9.84. The topological polar surface area (TPSA) is 0 Å². The highest BCUT2D eigenvalue weighted by atomic mass is 14.2. The fraction of sp³-hybridized carbons (Fsp3) is 0.176. The van der Waals surface area contributed by atoms with E-state index in [0.717, 1.165) is 0 Å². The molecule has 0 heterocycles. The third-order valence-electron chi connectivity index (χ3n) is 7.92. The average molecular weight is 437 g/mol. The Labute approximate surface area is 200 Å². The molecule has 0 radical (unpaired) electrons. The quantitative estimate of drug-likeness (QED) is 0.187. The van der Waals surface area contributed by atoms with Crippen molar-refractivity contribution in [3.05, 3.63) is 96.1 Å². The molecule has 0 spiro atoms. The zero-order valence-electron chi connectivity index (χ0n) is 20.2. The van der Waals surface area contributed by atoms with Gasteiger partial charge in [-0.15, -0.1) is 0 Å². The first-order valence-corrected chi connectivity index (χ1v) is 12.5. The molecule has 0 amide bonds. The second-order valence-corrected chi connectivity index (χ2v) is 10.6. The summed E-state index contributed by atoms with van der Waals surface area (Å²) in [6.45, 7) is 9.10. The van der Waals surface area contributed by atoms with Crippen molar-refractivity contribution < 1.29 is 0 Å². The van der Waals surface area contributed by atoms with Crippen LogP contribution in [-0.4, -0.2) is 0 Å². The molecule has 0 unspecified atom stereocenters. The van der Waals surface area contributed by atoms with Gasteiger partial charge in [-0.25, -0.2) is 0 Å². The molecule has 0 N–H and O–H groups in total. The van der Waals surface area contributed by atoms with E-state index in [2.05, 4.69) is 113 Å². The molecule has 0 fully saturated rings. The summed E-state index contributed by atoms with van der Waals surface area (Å²) in [5, 5.41) is 16.4. The second-order valence-electron chi connectivity index (χ2n) is 10.6. The molecule has 0 aliphatic carbocycles. The Bertz CT molecular complexity index is 1760. The molecule has 0 aromatic heterocycles. The van der Waals surface area contributed by atoms with Crippen LogP contribution in [0.15, 0.2) is 84.9 Å². The Morgan fingerprint density at radius 1 is 0.382 bits per heavy atom. The molecule has 0 heteroatoms. The molecule has 7 aromatic carbocycles. The Morgan fingerprint density at radius 2 is 0.794 bits per heavy atom. The van der Waals surface area contributed by atoms with Crippen LogP contribution in [0, 0.1) is 0 Å². The van der Waals surface area contributed by atoms with E-state index >= 15 is 0 Å². The Balaban J connectivity index is 1.76. The van der Waals surface area contributed by atoms with Gasteiger partial charge < -0.3 is 0 Å². The fourth-order valence-corrected chi connectivity index (χ4v) is 6.05. The summed E-state index contributed by atoms with van der Waals surface area (Å²) in [5.41, 5.74) is 2.80. The number of hydrogen-bond acceptors (Lipinski definition) is 0. The summed E-state index contributed by atoms with van der Waals surface area (Å²) < 4.78 is 0. The van der Waals surface area contributed by atoms with Gasteiger partial charge in [-0.1, -0.05) is 100 Å². The highest BCUT2D eigenvalue weighted by molar-refractivity contribution is 6.39. The van der Waals surface area contributed by atoms with Gasteiger partial charge in [0.1, 0.15) is 0 Å². The third kappa shape index (κ3) is 2.60. The summed E-state index contributed by atoms with van der Waals surface area (Å²) in [4.78, 5) is 0. The van der Waals surface area contributed by atoms with Crippen molar-refractivity contribution in [1.82, 2.24) is 0 Å². The first-order chi connectivity index (χ1) is 16.5. The zero-order valence-corrected chi connectivity index (χ0v) is 20.2. The molecule has 34 heavy (non-hydrogen) atoms. The maximum absolute atomic E-state index is 2.44. The van der Waals surface area contributed by atoms with Gasteiger partial charge in [0.05, 0.1) is 0 Å². The van der Waals surface area contributed by atoms with E-state index in [1.54, 1.807) is 0 Å². The SMILES string of the molecule is CC(C)c1ccc2c(c1)cc1c3ccccc3c3cc4cc(C(C)C)ccc4c4ccc2c1c43. The standard InChI is InChI=1S/C34H28/c1-19(2)21-9-11-25-23(15-21)17-31-27-7-5-6-8-28(27)32-18-24-16-22(20(3)4)10-12-26(24)30-14-13-29(25)33(31)34(30)32/h5-20H,1-4H3. The van der Waals surface area contributed by atoms with Crippen molar-refractivity contribution >= 4 is 64.6 Å². The molecule has 164 valence electrons. The van der Waals surface area contributed by atoms with Crippen molar-refractivity contribution in [2.75, 3.05) is 0 Å². The number of fused-ring (bicyclic) bond motifs is 7. The van der Waals surface area contributed by atoms with E-state index in [9.17, 15) is 0 Å². The Kier molecular flexibility index (Phi) is 4.04. The van der Waals surface area contributed by atoms with Gasteiger partial charge in [0.2, 0.25) is 0 Å². The fourth-order valence-electron chi connectivity index (χ4n) is 6.05. The summed E-state index contributed by atoms with van der Waals surface area (Å²) in [6.07, 6.45) is 0. The summed E-state index contributed by atoms with van der Waals surface area (Å²) in [5.74, 6) is 1.04. The van der Waals surface area contributed by atoms with Crippen LogP contribution in [0.1, 0.15) is 50.7 Å². The number of rotatable bonds is 2. The van der Waals surface area contributed by atoms with Gasteiger partial charge in [-0.05, 0) is 99.7 Å². The maximum atomic E-state index is 2.44. The van der Waals surface area contributed by atoms with Crippen molar-refractivity contribution in [3.8, 4) is 0 Å². The summed E-state index contributed by atoms with van der Waals surface area (Å²) in [7, 11) is 0. The highest BCUT2D eigenvalue weighted by Crippen LogP contribution is 2.46. The van der Waals surface area contributed by atoms with Crippen LogP contribution < -0.4 is 0 Å². The molecule has 0 nitrogen and oxygen atoms in total. The van der Waals surface area contributed by atoms with Crippen LogP contribution in [-0.2, 0) is 0 Å². The normalized spacial score (nSPS) is 12.6. The van der Waals surface area contributed by atoms with Crippen LogP contribution in [0.5, 0.6) is 0 Å². The van der Waals surface area contributed by atoms with E-state index in [0.29, 0.717) is 11.8 Å². The molecule has 0 bridgehead atoms. The molecule has 7 aromatic rings. The van der Waals surface area contributed by atoms with Gasteiger partial charge in [0, 0.05) is 0 Å². The lowest BCUT2D eigenvalue weighted by Crippen LogP contribution is -1.92. The lowest BCUT2D eigenvalue weighted by Gasteiger charge is -2.19. The monoisotopic (exact) mass is 436 g/mol.